The van der Waals surface area contributed by atoms with E-state index in [1.165, 1.54) is 4.70 Å². The summed E-state index contributed by atoms with van der Waals surface area (Å²) in [6.45, 7) is 2.00. The standard InChI is InChI=1S/C18H18N2OS/c1-13(14-7-3-2-4-8-14)19-17(21)11-12-18-20-15-9-5-6-10-16(15)22-18/h2-10,13H,11-12H2,1H3,(H,19,21). The zero-order valence-corrected chi connectivity index (χ0v) is 13.3. The molecule has 0 radical (unpaired) electrons. The fraction of sp³-hybridized carbons (Fsp3) is 0.222. The largest absolute Gasteiger partial charge is 0.350 e. The van der Waals surface area contributed by atoms with Crippen molar-refractivity contribution in [1.29, 1.82) is 0 Å². The van der Waals surface area contributed by atoms with Gasteiger partial charge >= 0.3 is 0 Å². The van der Waals surface area contributed by atoms with E-state index in [0.717, 1.165) is 16.1 Å². The van der Waals surface area contributed by atoms with Gasteiger partial charge < -0.3 is 5.32 Å². The molecule has 0 aliphatic heterocycles. The van der Waals surface area contributed by atoms with Crippen molar-refractivity contribution >= 4 is 27.5 Å². The number of para-hydroxylation sites is 1. The molecule has 0 fully saturated rings. The summed E-state index contributed by atoms with van der Waals surface area (Å²) in [5, 5.41) is 4.06. The molecular formula is C18H18N2OS. The molecule has 22 heavy (non-hydrogen) atoms. The SMILES string of the molecule is CC(NC(=O)CCc1nc2ccccc2s1)c1ccccc1. The monoisotopic (exact) mass is 310 g/mol. The lowest BCUT2D eigenvalue weighted by Gasteiger charge is -2.13. The van der Waals surface area contributed by atoms with E-state index >= 15 is 0 Å². The number of hydrogen-bond donors (Lipinski definition) is 1. The maximum atomic E-state index is 12.1. The number of nitrogens with zero attached hydrogens (tertiary/aromatic N) is 1. The van der Waals surface area contributed by atoms with Gasteiger partial charge in [-0.2, -0.15) is 0 Å². The summed E-state index contributed by atoms with van der Waals surface area (Å²) in [5.74, 6) is 0.0654. The summed E-state index contributed by atoms with van der Waals surface area (Å²) in [5.41, 5.74) is 2.14. The van der Waals surface area contributed by atoms with Gasteiger partial charge in [-0.3, -0.25) is 4.79 Å². The van der Waals surface area contributed by atoms with Crippen LogP contribution < -0.4 is 5.32 Å². The number of aromatic nitrogens is 1. The number of carbonyl (C=O) groups excluding carboxylic acids is 1. The summed E-state index contributed by atoms with van der Waals surface area (Å²) in [7, 11) is 0. The van der Waals surface area contributed by atoms with Crippen LogP contribution in [-0.4, -0.2) is 10.9 Å². The molecule has 1 heterocycles. The molecule has 1 aromatic heterocycles. The minimum atomic E-state index is 0.0315. The van der Waals surface area contributed by atoms with Gasteiger partial charge in [-0.1, -0.05) is 42.5 Å². The van der Waals surface area contributed by atoms with Crippen molar-refractivity contribution < 1.29 is 4.79 Å². The van der Waals surface area contributed by atoms with Crippen LogP contribution in [0.3, 0.4) is 0 Å². The number of rotatable bonds is 5. The molecule has 0 aliphatic carbocycles. The van der Waals surface area contributed by atoms with Crippen LogP contribution in [0.4, 0.5) is 0 Å². The van der Waals surface area contributed by atoms with E-state index < -0.39 is 0 Å². The fourth-order valence-corrected chi connectivity index (χ4v) is 3.35. The molecule has 0 spiro atoms. The smallest absolute Gasteiger partial charge is 0.220 e. The molecule has 112 valence electrons. The van der Waals surface area contributed by atoms with E-state index in [0.29, 0.717) is 12.8 Å². The third-order valence-electron chi connectivity index (χ3n) is 3.58. The molecule has 4 heteroatoms. The molecule has 1 amide bonds. The van der Waals surface area contributed by atoms with Crippen LogP contribution in [0.1, 0.15) is 30.0 Å². The average Bonchev–Trinajstić information content (AvgIpc) is 2.96. The van der Waals surface area contributed by atoms with Gasteiger partial charge in [0, 0.05) is 12.8 Å². The Kier molecular flexibility index (Phi) is 4.49. The van der Waals surface area contributed by atoms with E-state index in [1.54, 1.807) is 11.3 Å². The van der Waals surface area contributed by atoms with Crippen molar-refractivity contribution in [3.8, 4) is 0 Å². The van der Waals surface area contributed by atoms with E-state index in [2.05, 4.69) is 16.4 Å². The fourth-order valence-electron chi connectivity index (χ4n) is 2.39. The van der Waals surface area contributed by atoms with Gasteiger partial charge in [-0.05, 0) is 24.6 Å². The average molecular weight is 310 g/mol. The quantitative estimate of drug-likeness (QED) is 0.770. The van der Waals surface area contributed by atoms with Gasteiger partial charge in [0.05, 0.1) is 21.3 Å². The van der Waals surface area contributed by atoms with Crippen molar-refractivity contribution in [3.05, 3.63) is 65.2 Å². The lowest BCUT2D eigenvalue weighted by Crippen LogP contribution is -2.26. The molecule has 3 rings (SSSR count). The second kappa shape index (κ2) is 6.71. The number of carbonyl (C=O) groups is 1. The number of nitrogens with one attached hydrogen (secondary N) is 1. The Bertz CT molecular complexity index is 734. The highest BCUT2D eigenvalue weighted by Crippen LogP contribution is 2.22. The second-order valence-corrected chi connectivity index (χ2v) is 6.39. The van der Waals surface area contributed by atoms with Gasteiger partial charge in [-0.25, -0.2) is 4.98 Å². The van der Waals surface area contributed by atoms with Crippen LogP contribution in [0.25, 0.3) is 10.2 Å². The molecule has 1 N–H and O–H groups in total. The number of thiazole rings is 1. The molecule has 3 aromatic rings. The minimum absolute atomic E-state index is 0.0315. The lowest BCUT2D eigenvalue weighted by molar-refractivity contribution is -0.121. The van der Waals surface area contributed by atoms with Gasteiger partial charge in [0.15, 0.2) is 0 Å². The molecule has 2 aromatic carbocycles. The van der Waals surface area contributed by atoms with Crippen LogP contribution in [0.2, 0.25) is 0 Å². The first-order valence-electron chi connectivity index (χ1n) is 7.41. The summed E-state index contributed by atoms with van der Waals surface area (Å²) < 4.78 is 1.18. The topological polar surface area (TPSA) is 42.0 Å². The molecule has 0 saturated carbocycles. The predicted octanol–water partition coefficient (Wildman–Crippen LogP) is 4.11. The highest BCUT2D eigenvalue weighted by atomic mass is 32.1. The third kappa shape index (κ3) is 3.52. The van der Waals surface area contributed by atoms with Crippen molar-refractivity contribution in [3.63, 3.8) is 0 Å². The van der Waals surface area contributed by atoms with Gasteiger partial charge in [0.25, 0.3) is 0 Å². The third-order valence-corrected chi connectivity index (χ3v) is 4.68. The molecule has 1 unspecified atom stereocenters. The zero-order valence-electron chi connectivity index (χ0n) is 12.5. The Labute approximate surface area is 134 Å². The highest BCUT2D eigenvalue weighted by Gasteiger charge is 2.10. The van der Waals surface area contributed by atoms with Crippen LogP contribution in [0.5, 0.6) is 0 Å². The molecule has 0 aliphatic rings. The first kappa shape index (κ1) is 14.7. The molecular weight excluding hydrogens is 292 g/mol. The summed E-state index contributed by atoms with van der Waals surface area (Å²) in [6.07, 6.45) is 1.16. The number of aryl methyl sites for hydroxylation is 1. The van der Waals surface area contributed by atoms with Gasteiger partial charge in [0.2, 0.25) is 5.91 Å². The van der Waals surface area contributed by atoms with Crippen LogP contribution in [0, 0.1) is 0 Å². The molecule has 1 atom stereocenters. The number of fused-ring (bicyclic) bond motifs is 1. The van der Waals surface area contributed by atoms with Gasteiger partial charge in [0.1, 0.15) is 0 Å². The Balaban J connectivity index is 1.56. The normalized spacial score (nSPS) is 12.2. The second-order valence-electron chi connectivity index (χ2n) is 5.28. The van der Waals surface area contributed by atoms with E-state index in [4.69, 9.17) is 0 Å². The molecule has 0 bridgehead atoms. The number of amides is 1. The van der Waals surface area contributed by atoms with Crippen molar-refractivity contribution in [2.75, 3.05) is 0 Å². The molecule has 3 nitrogen and oxygen atoms in total. The van der Waals surface area contributed by atoms with Crippen LogP contribution in [-0.2, 0) is 11.2 Å². The summed E-state index contributed by atoms with van der Waals surface area (Å²) >= 11 is 1.66. The van der Waals surface area contributed by atoms with E-state index in [9.17, 15) is 4.79 Å². The Morgan fingerprint density at radius 1 is 1.14 bits per heavy atom. The number of hydrogen-bond acceptors (Lipinski definition) is 3. The van der Waals surface area contributed by atoms with Crippen LogP contribution >= 0.6 is 11.3 Å². The van der Waals surface area contributed by atoms with E-state index in [1.807, 2.05) is 55.5 Å². The Morgan fingerprint density at radius 3 is 2.64 bits per heavy atom. The van der Waals surface area contributed by atoms with Crippen molar-refractivity contribution in [2.45, 2.75) is 25.8 Å². The summed E-state index contributed by atoms with van der Waals surface area (Å²) in [4.78, 5) is 16.6. The van der Waals surface area contributed by atoms with Gasteiger partial charge in [-0.15, -0.1) is 11.3 Å². The van der Waals surface area contributed by atoms with Crippen molar-refractivity contribution in [1.82, 2.24) is 10.3 Å². The Hall–Kier alpha value is -2.20. The highest BCUT2D eigenvalue weighted by molar-refractivity contribution is 7.18. The predicted molar refractivity (Wildman–Crippen MR) is 90.9 cm³/mol. The van der Waals surface area contributed by atoms with Crippen molar-refractivity contribution in [2.24, 2.45) is 0 Å². The first-order valence-corrected chi connectivity index (χ1v) is 8.23. The molecule has 0 saturated heterocycles. The maximum Gasteiger partial charge on any atom is 0.220 e. The van der Waals surface area contributed by atoms with Crippen LogP contribution in [0.15, 0.2) is 54.6 Å². The number of benzene rings is 2. The lowest BCUT2D eigenvalue weighted by atomic mass is 10.1. The minimum Gasteiger partial charge on any atom is -0.350 e. The Morgan fingerprint density at radius 2 is 1.86 bits per heavy atom. The summed E-state index contributed by atoms with van der Waals surface area (Å²) in [6, 6.07) is 18.1. The zero-order chi connectivity index (χ0) is 15.4. The first-order chi connectivity index (χ1) is 10.7. The van der Waals surface area contributed by atoms with E-state index in [-0.39, 0.29) is 11.9 Å². The maximum absolute atomic E-state index is 12.1.